The third-order valence-corrected chi connectivity index (χ3v) is 5.28. The Morgan fingerprint density at radius 3 is 2.64 bits per heavy atom. The lowest BCUT2D eigenvalue weighted by Crippen LogP contribution is -2.48. The largest absolute Gasteiger partial charge is 0.481 e. The Morgan fingerprint density at radius 1 is 1.27 bits per heavy atom. The summed E-state index contributed by atoms with van der Waals surface area (Å²) in [5.74, 6) is -2.28. The van der Waals surface area contributed by atoms with Crippen molar-refractivity contribution in [1.82, 2.24) is 5.32 Å². The molecule has 1 amide bonds. The van der Waals surface area contributed by atoms with Crippen molar-refractivity contribution >= 4 is 11.9 Å². The average Bonchev–Trinajstić information content (AvgIpc) is 3.07. The summed E-state index contributed by atoms with van der Waals surface area (Å²) < 4.78 is 13.8. The summed E-state index contributed by atoms with van der Waals surface area (Å²) in [6, 6.07) is 5.88. The lowest BCUT2D eigenvalue weighted by atomic mass is 9.84. The van der Waals surface area contributed by atoms with Crippen LogP contribution in [0.15, 0.2) is 24.3 Å². The van der Waals surface area contributed by atoms with Crippen LogP contribution in [0, 0.1) is 23.6 Å². The fraction of sp³-hybridized carbons (Fsp3) is 0.529. The van der Waals surface area contributed by atoms with Crippen LogP contribution in [0.3, 0.4) is 0 Å². The summed E-state index contributed by atoms with van der Waals surface area (Å²) in [5, 5.41) is 12.3. The Balaban J connectivity index is 1.74. The molecule has 0 spiro atoms. The first-order valence-electron chi connectivity index (χ1n) is 7.76. The number of rotatable bonds is 4. The SMILES string of the molecule is C[C@H](C(=O)N[C@@H]1[C@H]2CC[C@@H](C2)[C@@H]1C(=O)O)c1ccccc1F. The van der Waals surface area contributed by atoms with Gasteiger partial charge in [-0.05, 0) is 49.7 Å². The normalized spacial score (nSPS) is 31.0. The zero-order valence-electron chi connectivity index (χ0n) is 12.5. The minimum atomic E-state index is -0.837. The maximum Gasteiger partial charge on any atom is 0.308 e. The van der Waals surface area contributed by atoms with Crippen LogP contribution in [0.25, 0.3) is 0 Å². The minimum absolute atomic E-state index is 0.163. The van der Waals surface area contributed by atoms with Gasteiger partial charge in [0.2, 0.25) is 5.91 Å². The molecule has 1 aromatic carbocycles. The van der Waals surface area contributed by atoms with E-state index in [1.54, 1.807) is 25.1 Å². The molecule has 5 heteroatoms. The molecule has 0 aliphatic heterocycles. The van der Waals surface area contributed by atoms with Gasteiger partial charge < -0.3 is 10.4 Å². The van der Waals surface area contributed by atoms with Crippen LogP contribution in [-0.2, 0) is 9.59 Å². The van der Waals surface area contributed by atoms with Gasteiger partial charge in [-0.2, -0.15) is 0 Å². The molecule has 0 saturated heterocycles. The van der Waals surface area contributed by atoms with Gasteiger partial charge in [0, 0.05) is 6.04 Å². The number of amides is 1. The van der Waals surface area contributed by atoms with Gasteiger partial charge in [0.15, 0.2) is 0 Å². The van der Waals surface area contributed by atoms with Gasteiger partial charge in [0.25, 0.3) is 0 Å². The van der Waals surface area contributed by atoms with Crippen molar-refractivity contribution in [2.45, 2.75) is 38.1 Å². The number of aliphatic carboxylic acids is 1. The lowest BCUT2D eigenvalue weighted by molar-refractivity contribution is -0.144. The third kappa shape index (κ3) is 2.49. The Hall–Kier alpha value is -1.91. The number of carboxylic acid groups (broad SMARTS) is 1. The zero-order chi connectivity index (χ0) is 15.9. The van der Waals surface area contributed by atoms with Crippen molar-refractivity contribution in [3.63, 3.8) is 0 Å². The van der Waals surface area contributed by atoms with Crippen molar-refractivity contribution < 1.29 is 19.1 Å². The molecule has 4 nitrogen and oxygen atoms in total. The van der Waals surface area contributed by atoms with Crippen molar-refractivity contribution in [3.05, 3.63) is 35.6 Å². The molecule has 2 bridgehead atoms. The molecule has 3 rings (SSSR count). The van der Waals surface area contributed by atoms with Crippen LogP contribution in [-0.4, -0.2) is 23.0 Å². The maximum absolute atomic E-state index is 13.8. The lowest BCUT2D eigenvalue weighted by Gasteiger charge is -2.30. The van der Waals surface area contributed by atoms with E-state index in [1.807, 2.05) is 0 Å². The highest BCUT2D eigenvalue weighted by Crippen LogP contribution is 2.48. The van der Waals surface area contributed by atoms with E-state index >= 15 is 0 Å². The van der Waals surface area contributed by atoms with E-state index in [9.17, 15) is 19.1 Å². The van der Waals surface area contributed by atoms with Crippen LogP contribution in [0.4, 0.5) is 4.39 Å². The molecule has 2 aliphatic rings. The molecule has 2 saturated carbocycles. The Bertz CT molecular complexity index is 603. The van der Waals surface area contributed by atoms with E-state index in [-0.39, 0.29) is 23.8 Å². The van der Waals surface area contributed by atoms with Crippen LogP contribution in [0.5, 0.6) is 0 Å². The van der Waals surface area contributed by atoms with Gasteiger partial charge in [0.1, 0.15) is 5.82 Å². The number of benzene rings is 1. The topological polar surface area (TPSA) is 66.4 Å². The van der Waals surface area contributed by atoms with E-state index in [0.717, 1.165) is 19.3 Å². The summed E-state index contributed by atoms with van der Waals surface area (Å²) in [6.45, 7) is 1.65. The highest BCUT2D eigenvalue weighted by molar-refractivity contribution is 5.84. The van der Waals surface area contributed by atoms with E-state index in [1.165, 1.54) is 6.07 Å². The molecule has 5 atom stereocenters. The van der Waals surface area contributed by atoms with Gasteiger partial charge in [0.05, 0.1) is 11.8 Å². The second-order valence-corrected chi connectivity index (χ2v) is 6.47. The minimum Gasteiger partial charge on any atom is -0.481 e. The molecule has 2 fully saturated rings. The second kappa shape index (κ2) is 5.71. The molecule has 0 unspecified atom stereocenters. The first-order chi connectivity index (χ1) is 10.5. The number of hydrogen-bond donors (Lipinski definition) is 2. The summed E-state index contributed by atoms with van der Waals surface area (Å²) in [5.41, 5.74) is 0.343. The maximum atomic E-state index is 13.8. The molecule has 0 radical (unpaired) electrons. The van der Waals surface area contributed by atoms with Crippen molar-refractivity contribution in [1.29, 1.82) is 0 Å². The Kier molecular flexibility index (Phi) is 3.89. The second-order valence-electron chi connectivity index (χ2n) is 6.47. The van der Waals surface area contributed by atoms with E-state index in [2.05, 4.69) is 5.32 Å². The quantitative estimate of drug-likeness (QED) is 0.898. The zero-order valence-corrected chi connectivity index (χ0v) is 12.5. The van der Waals surface area contributed by atoms with Crippen LogP contribution < -0.4 is 5.32 Å². The van der Waals surface area contributed by atoms with E-state index < -0.39 is 23.6 Å². The summed E-state index contributed by atoms with van der Waals surface area (Å²) in [4.78, 5) is 23.9. The van der Waals surface area contributed by atoms with Crippen molar-refractivity contribution in [3.8, 4) is 0 Å². The first kappa shape index (κ1) is 15.0. The molecule has 0 aromatic heterocycles. The predicted molar refractivity (Wildman–Crippen MR) is 78.7 cm³/mol. The van der Waals surface area contributed by atoms with Crippen LogP contribution >= 0.6 is 0 Å². The van der Waals surface area contributed by atoms with Crippen molar-refractivity contribution in [2.24, 2.45) is 17.8 Å². The fourth-order valence-electron chi connectivity index (χ4n) is 4.11. The highest BCUT2D eigenvalue weighted by atomic mass is 19.1. The third-order valence-electron chi connectivity index (χ3n) is 5.28. The van der Waals surface area contributed by atoms with E-state index in [4.69, 9.17) is 0 Å². The smallest absolute Gasteiger partial charge is 0.308 e. The van der Waals surface area contributed by atoms with Gasteiger partial charge in [-0.15, -0.1) is 0 Å². The molecule has 1 aromatic rings. The summed E-state index contributed by atoms with van der Waals surface area (Å²) >= 11 is 0. The molecular weight excluding hydrogens is 285 g/mol. The van der Waals surface area contributed by atoms with Gasteiger partial charge >= 0.3 is 5.97 Å². The van der Waals surface area contributed by atoms with Crippen LogP contribution in [0.2, 0.25) is 0 Å². The van der Waals surface area contributed by atoms with E-state index in [0.29, 0.717) is 5.56 Å². The number of carbonyl (C=O) groups excluding carboxylic acids is 1. The molecule has 2 aliphatic carbocycles. The number of halogens is 1. The summed E-state index contributed by atoms with van der Waals surface area (Å²) in [6.07, 6.45) is 2.76. The number of carboxylic acids is 1. The Morgan fingerprint density at radius 2 is 1.95 bits per heavy atom. The van der Waals surface area contributed by atoms with Crippen molar-refractivity contribution in [2.75, 3.05) is 0 Å². The highest BCUT2D eigenvalue weighted by Gasteiger charge is 2.51. The van der Waals surface area contributed by atoms with Gasteiger partial charge in [-0.25, -0.2) is 4.39 Å². The predicted octanol–water partition coefficient (Wildman–Crippen LogP) is 2.54. The molecule has 118 valence electrons. The molecule has 0 heterocycles. The summed E-state index contributed by atoms with van der Waals surface area (Å²) in [7, 11) is 0. The molecule has 22 heavy (non-hydrogen) atoms. The Labute approximate surface area is 128 Å². The van der Waals surface area contributed by atoms with Gasteiger partial charge in [-0.1, -0.05) is 18.2 Å². The number of carbonyl (C=O) groups is 2. The standard InChI is InChI=1S/C17H20FNO3/c1-9(12-4-2-3-5-13(12)18)16(20)19-15-11-7-6-10(8-11)14(15)17(21)22/h2-5,9-11,14-15H,6-8H2,1H3,(H,19,20)(H,21,22)/t9-,10-,11-,14-,15+/m0/s1. The average molecular weight is 305 g/mol. The monoisotopic (exact) mass is 305 g/mol. The fourth-order valence-corrected chi connectivity index (χ4v) is 4.11. The van der Waals surface area contributed by atoms with Gasteiger partial charge in [-0.3, -0.25) is 9.59 Å². The molecule has 2 N–H and O–H groups in total. The van der Waals surface area contributed by atoms with Crippen LogP contribution in [0.1, 0.15) is 37.7 Å². The number of hydrogen-bond acceptors (Lipinski definition) is 2. The number of fused-ring (bicyclic) bond motifs is 2. The number of nitrogens with one attached hydrogen (secondary N) is 1. The molecular formula is C17H20FNO3. The first-order valence-corrected chi connectivity index (χ1v) is 7.76.